The van der Waals surface area contributed by atoms with Crippen LogP contribution in [-0.2, 0) is 9.84 Å². The van der Waals surface area contributed by atoms with E-state index < -0.39 is 15.1 Å². The smallest absolute Gasteiger partial charge is 0.184 e. The lowest BCUT2D eigenvalue weighted by molar-refractivity contribution is 0.579. The molecule has 1 aromatic carbocycles. The molecule has 0 fully saturated rings. The molecule has 0 spiro atoms. The molecule has 0 aromatic heterocycles. The second-order valence-corrected chi connectivity index (χ2v) is 6.44. The summed E-state index contributed by atoms with van der Waals surface area (Å²) in [6, 6.07) is 7.00. The molecule has 0 saturated heterocycles. The molecule has 2 nitrogen and oxygen atoms in total. The van der Waals surface area contributed by atoms with E-state index >= 15 is 0 Å². The topological polar surface area (TPSA) is 34.1 Å². The van der Waals surface area contributed by atoms with E-state index in [0.29, 0.717) is 11.3 Å². The van der Waals surface area contributed by atoms with Gasteiger partial charge in [0, 0.05) is 0 Å². The van der Waals surface area contributed by atoms with E-state index in [-0.39, 0.29) is 0 Å². The van der Waals surface area contributed by atoms with Crippen LogP contribution in [0.5, 0.6) is 0 Å². The zero-order chi connectivity index (χ0) is 12.9. The monoisotopic (exact) mass is 252 g/mol. The molecule has 17 heavy (non-hydrogen) atoms. The molecular formula is C14H20O2S. The molecule has 0 bridgehead atoms. The molecule has 0 heterocycles. The molecule has 3 heteroatoms. The van der Waals surface area contributed by atoms with Gasteiger partial charge in [0.2, 0.25) is 0 Å². The van der Waals surface area contributed by atoms with Crippen LogP contribution in [-0.4, -0.2) is 13.7 Å². The fourth-order valence-electron chi connectivity index (χ4n) is 1.71. The zero-order valence-corrected chi connectivity index (χ0v) is 11.3. The summed E-state index contributed by atoms with van der Waals surface area (Å²) in [5.74, 6) is 0. The average Bonchev–Trinajstić information content (AvgIpc) is 2.30. The third kappa shape index (κ3) is 3.43. The Hall–Kier alpha value is -1.09. The lowest BCUT2D eigenvalue weighted by atomic mass is 10.2. The lowest BCUT2D eigenvalue weighted by Crippen LogP contribution is -2.19. The maximum atomic E-state index is 12.3. The summed E-state index contributed by atoms with van der Waals surface area (Å²) >= 11 is 0. The Morgan fingerprint density at radius 3 is 2.35 bits per heavy atom. The van der Waals surface area contributed by atoms with Crippen LogP contribution in [0.1, 0.15) is 31.7 Å². The number of sulfone groups is 1. The summed E-state index contributed by atoms with van der Waals surface area (Å²) in [5, 5.41) is -0.467. The Labute approximate surface area is 104 Å². The first kappa shape index (κ1) is 14.0. The molecule has 0 aliphatic heterocycles. The molecule has 1 atom stereocenters. The van der Waals surface area contributed by atoms with E-state index in [1.54, 1.807) is 18.2 Å². The third-order valence-corrected chi connectivity index (χ3v) is 5.01. The number of benzene rings is 1. The standard InChI is InChI=1S/C14H20O2S/c1-4-6-7-13(5-2)17(15,16)14-10-8-12(3)9-11-14/h5,8-11,13H,2,4,6-7H2,1,3H3. The molecule has 0 aliphatic carbocycles. The van der Waals surface area contributed by atoms with Crippen molar-refractivity contribution in [3.63, 3.8) is 0 Å². The number of hydrogen-bond acceptors (Lipinski definition) is 2. The van der Waals surface area contributed by atoms with Crippen LogP contribution >= 0.6 is 0 Å². The van der Waals surface area contributed by atoms with E-state index in [2.05, 4.69) is 13.5 Å². The van der Waals surface area contributed by atoms with Gasteiger partial charge in [-0.25, -0.2) is 8.42 Å². The van der Waals surface area contributed by atoms with Crippen LogP contribution in [0.3, 0.4) is 0 Å². The first-order chi connectivity index (χ1) is 8.02. The number of rotatable bonds is 6. The number of aryl methyl sites for hydroxylation is 1. The van der Waals surface area contributed by atoms with Crippen LogP contribution in [0.4, 0.5) is 0 Å². The predicted molar refractivity (Wildman–Crippen MR) is 71.9 cm³/mol. The summed E-state index contributed by atoms with van der Waals surface area (Å²) in [6.45, 7) is 7.64. The van der Waals surface area contributed by atoms with Crippen molar-refractivity contribution >= 4 is 9.84 Å². The van der Waals surface area contributed by atoms with Gasteiger partial charge < -0.3 is 0 Å². The fraction of sp³-hybridized carbons (Fsp3) is 0.429. The van der Waals surface area contributed by atoms with E-state index in [1.807, 2.05) is 19.1 Å². The first-order valence-electron chi connectivity index (χ1n) is 5.95. The molecule has 0 aliphatic rings. The van der Waals surface area contributed by atoms with Gasteiger partial charge in [-0.1, -0.05) is 43.5 Å². The van der Waals surface area contributed by atoms with Gasteiger partial charge in [0.1, 0.15) is 0 Å². The van der Waals surface area contributed by atoms with Gasteiger partial charge in [0.15, 0.2) is 9.84 Å². The second kappa shape index (κ2) is 6.01. The minimum atomic E-state index is -3.26. The molecule has 0 saturated carbocycles. The minimum Gasteiger partial charge on any atom is -0.223 e. The van der Waals surface area contributed by atoms with E-state index in [1.165, 1.54) is 0 Å². The zero-order valence-electron chi connectivity index (χ0n) is 10.5. The summed E-state index contributed by atoms with van der Waals surface area (Å²) in [7, 11) is -3.26. The molecule has 0 N–H and O–H groups in total. The van der Waals surface area contributed by atoms with Crippen LogP contribution in [0.2, 0.25) is 0 Å². The molecule has 1 rings (SSSR count). The molecular weight excluding hydrogens is 232 g/mol. The largest absolute Gasteiger partial charge is 0.223 e. The summed E-state index contributed by atoms with van der Waals surface area (Å²) < 4.78 is 24.6. The van der Waals surface area contributed by atoms with Gasteiger partial charge in [-0.3, -0.25) is 0 Å². The quantitative estimate of drug-likeness (QED) is 0.726. The molecule has 1 aromatic rings. The van der Waals surface area contributed by atoms with Crippen LogP contribution < -0.4 is 0 Å². The minimum absolute atomic E-state index is 0.393. The summed E-state index contributed by atoms with van der Waals surface area (Å²) in [4.78, 5) is 0.393. The molecule has 0 radical (unpaired) electrons. The Morgan fingerprint density at radius 1 is 1.29 bits per heavy atom. The van der Waals surface area contributed by atoms with E-state index in [0.717, 1.165) is 18.4 Å². The molecule has 94 valence electrons. The van der Waals surface area contributed by atoms with E-state index in [9.17, 15) is 8.42 Å². The van der Waals surface area contributed by atoms with Gasteiger partial charge in [-0.2, -0.15) is 0 Å². The van der Waals surface area contributed by atoms with Gasteiger partial charge in [0.25, 0.3) is 0 Å². The van der Waals surface area contributed by atoms with Crippen molar-refractivity contribution in [2.45, 2.75) is 43.3 Å². The van der Waals surface area contributed by atoms with Gasteiger partial charge in [-0.05, 0) is 25.5 Å². The Morgan fingerprint density at radius 2 is 1.88 bits per heavy atom. The first-order valence-corrected chi connectivity index (χ1v) is 7.50. The third-order valence-electron chi connectivity index (χ3n) is 2.85. The average molecular weight is 252 g/mol. The van der Waals surface area contributed by atoms with Crippen molar-refractivity contribution < 1.29 is 8.42 Å². The van der Waals surface area contributed by atoms with Gasteiger partial charge >= 0.3 is 0 Å². The Kier molecular flexibility index (Phi) is 4.94. The maximum Gasteiger partial charge on any atom is 0.184 e. The lowest BCUT2D eigenvalue weighted by Gasteiger charge is -2.13. The van der Waals surface area contributed by atoms with Gasteiger partial charge in [-0.15, -0.1) is 6.58 Å². The highest BCUT2D eigenvalue weighted by Crippen LogP contribution is 2.21. The highest BCUT2D eigenvalue weighted by Gasteiger charge is 2.23. The van der Waals surface area contributed by atoms with E-state index in [4.69, 9.17) is 0 Å². The SMILES string of the molecule is C=CC(CCCC)S(=O)(=O)c1ccc(C)cc1. The Bertz CT molecular complexity index is 458. The second-order valence-electron chi connectivity index (χ2n) is 4.27. The fourth-order valence-corrected chi connectivity index (χ4v) is 3.30. The number of hydrogen-bond donors (Lipinski definition) is 0. The highest BCUT2D eigenvalue weighted by atomic mass is 32.2. The van der Waals surface area contributed by atoms with Crippen molar-refractivity contribution in [3.05, 3.63) is 42.5 Å². The highest BCUT2D eigenvalue weighted by molar-refractivity contribution is 7.92. The normalized spacial score (nSPS) is 13.3. The maximum absolute atomic E-state index is 12.3. The van der Waals surface area contributed by atoms with Crippen LogP contribution in [0.25, 0.3) is 0 Å². The summed E-state index contributed by atoms with van der Waals surface area (Å²) in [5.41, 5.74) is 1.06. The molecule has 1 unspecified atom stereocenters. The predicted octanol–water partition coefficient (Wildman–Crippen LogP) is 3.51. The van der Waals surface area contributed by atoms with Crippen LogP contribution in [0.15, 0.2) is 41.8 Å². The van der Waals surface area contributed by atoms with Crippen molar-refractivity contribution in [1.29, 1.82) is 0 Å². The summed E-state index contributed by atoms with van der Waals surface area (Å²) in [6.07, 6.45) is 4.09. The van der Waals surface area contributed by atoms with Crippen LogP contribution in [0, 0.1) is 6.92 Å². The number of unbranched alkanes of at least 4 members (excludes halogenated alkanes) is 1. The van der Waals surface area contributed by atoms with Gasteiger partial charge in [0.05, 0.1) is 10.1 Å². The molecule has 0 amide bonds. The van der Waals surface area contributed by atoms with Crippen molar-refractivity contribution in [1.82, 2.24) is 0 Å². The Balaban J connectivity index is 2.99. The van der Waals surface area contributed by atoms with Crippen molar-refractivity contribution in [2.75, 3.05) is 0 Å². The van der Waals surface area contributed by atoms with Crippen molar-refractivity contribution in [2.24, 2.45) is 0 Å². The van der Waals surface area contributed by atoms with Crippen molar-refractivity contribution in [3.8, 4) is 0 Å².